The highest BCUT2D eigenvalue weighted by Crippen LogP contribution is 2.34. The summed E-state index contributed by atoms with van der Waals surface area (Å²) in [7, 11) is 3.24. The van der Waals surface area contributed by atoms with E-state index in [9.17, 15) is 4.79 Å². The van der Waals surface area contributed by atoms with Crippen LogP contribution in [0, 0.1) is 0 Å². The molecular weight excluding hydrogens is 408 g/mol. The first-order valence-corrected chi connectivity index (χ1v) is 10.6. The number of methoxy groups -OCH3 is 2. The van der Waals surface area contributed by atoms with Gasteiger partial charge in [-0.05, 0) is 54.1 Å². The molecule has 0 unspecified atom stereocenters. The molecule has 1 N–H and O–H groups in total. The van der Waals surface area contributed by atoms with Gasteiger partial charge in [-0.2, -0.15) is 0 Å². The second kappa shape index (κ2) is 9.45. The predicted octanol–water partition coefficient (Wildman–Crippen LogP) is 5.67. The number of ether oxygens (including phenoxy) is 2. The van der Waals surface area contributed by atoms with Crippen molar-refractivity contribution in [2.45, 2.75) is 6.42 Å². The molecule has 156 valence electrons. The molecule has 31 heavy (non-hydrogen) atoms. The van der Waals surface area contributed by atoms with E-state index in [1.54, 1.807) is 38.5 Å². The zero-order valence-corrected chi connectivity index (χ0v) is 18.1. The van der Waals surface area contributed by atoms with Crippen LogP contribution >= 0.6 is 11.3 Å². The number of aromatic nitrogens is 1. The van der Waals surface area contributed by atoms with E-state index < -0.39 is 0 Å². The summed E-state index contributed by atoms with van der Waals surface area (Å²) in [6.07, 6.45) is 0.734. The first-order valence-electron chi connectivity index (χ1n) is 9.79. The number of thiazole rings is 1. The number of amides is 1. The monoisotopic (exact) mass is 430 g/mol. The summed E-state index contributed by atoms with van der Waals surface area (Å²) in [6.45, 7) is 0. The van der Waals surface area contributed by atoms with Crippen molar-refractivity contribution >= 4 is 22.4 Å². The van der Waals surface area contributed by atoms with Gasteiger partial charge in [-0.1, -0.05) is 30.3 Å². The molecule has 0 saturated heterocycles. The number of nitrogens with one attached hydrogen (secondary N) is 1. The quantitative estimate of drug-likeness (QED) is 0.410. The summed E-state index contributed by atoms with van der Waals surface area (Å²) in [5, 5.41) is 3.50. The lowest BCUT2D eigenvalue weighted by atomic mass is 10.1. The molecule has 1 heterocycles. The van der Waals surface area contributed by atoms with Crippen molar-refractivity contribution in [1.82, 2.24) is 4.98 Å². The largest absolute Gasteiger partial charge is 0.497 e. The summed E-state index contributed by atoms with van der Waals surface area (Å²) in [6, 6.07) is 25.0. The average Bonchev–Trinajstić information content (AvgIpc) is 3.21. The number of hydrogen-bond donors (Lipinski definition) is 1. The van der Waals surface area contributed by atoms with Crippen molar-refractivity contribution in [1.29, 1.82) is 0 Å². The number of nitrogens with zero attached hydrogens (tertiary/aromatic N) is 1. The SMILES string of the molecule is COc1ccc(C(=O)Nc2nc(-c3ccc(OC)cc3)c(Cc3ccccc3)s2)cc1. The molecule has 5 nitrogen and oxygen atoms in total. The molecule has 4 rings (SSSR count). The highest BCUT2D eigenvalue weighted by Gasteiger charge is 2.16. The van der Waals surface area contributed by atoms with Gasteiger partial charge >= 0.3 is 0 Å². The van der Waals surface area contributed by atoms with Crippen molar-refractivity contribution in [3.8, 4) is 22.8 Å². The van der Waals surface area contributed by atoms with Crippen molar-refractivity contribution in [2.24, 2.45) is 0 Å². The van der Waals surface area contributed by atoms with E-state index in [4.69, 9.17) is 14.5 Å². The molecule has 0 spiro atoms. The van der Waals surface area contributed by atoms with E-state index in [1.807, 2.05) is 42.5 Å². The Labute approximate surface area is 185 Å². The van der Waals surface area contributed by atoms with Gasteiger partial charge in [-0.25, -0.2) is 4.98 Å². The Balaban J connectivity index is 1.63. The molecule has 1 aromatic heterocycles. The van der Waals surface area contributed by atoms with E-state index in [-0.39, 0.29) is 5.91 Å². The van der Waals surface area contributed by atoms with Crippen LogP contribution in [0.3, 0.4) is 0 Å². The zero-order valence-electron chi connectivity index (χ0n) is 17.3. The molecule has 0 fully saturated rings. The number of carbonyl (C=O) groups excluding carboxylic acids is 1. The van der Waals surface area contributed by atoms with Crippen molar-refractivity contribution in [3.63, 3.8) is 0 Å². The van der Waals surface area contributed by atoms with Crippen LogP contribution in [0.5, 0.6) is 11.5 Å². The fourth-order valence-corrected chi connectivity index (χ4v) is 4.21. The maximum absolute atomic E-state index is 12.7. The first kappa shape index (κ1) is 20.6. The number of rotatable bonds is 7. The van der Waals surface area contributed by atoms with Crippen LogP contribution in [0.4, 0.5) is 5.13 Å². The minimum atomic E-state index is -0.205. The zero-order chi connectivity index (χ0) is 21.6. The third kappa shape index (κ3) is 4.92. The number of anilines is 1. The highest BCUT2D eigenvalue weighted by atomic mass is 32.1. The van der Waals surface area contributed by atoms with Gasteiger partial charge in [0.1, 0.15) is 11.5 Å². The first-order chi connectivity index (χ1) is 15.2. The summed E-state index contributed by atoms with van der Waals surface area (Å²) in [5.41, 5.74) is 3.58. The van der Waals surface area contributed by atoms with Crippen LogP contribution in [0.2, 0.25) is 0 Å². The standard InChI is InChI=1S/C25H22N2O3S/c1-29-20-12-8-18(9-13-20)23-22(16-17-6-4-3-5-7-17)31-25(26-23)27-24(28)19-10-14-21(30-2)15-11-19/h3-15H,16H2,1-2H3,(H,26,27,28). The summed E-state index contributed by atoms with van der Waals surface area (Å²) >= 11 is 1.49. The summed E-state index contributed by atoms with van der Waals surface area (Å²) in [4.78, 5) is 18.5. The third-order valence-electron chi connectivity index (χ3n) is 4.84. The van der Waals surface area contributed by atoms with E-state index in [0.717, 1.165) is 28.3 Å². The molecular formula is C25H22N2O3S. The van der Waals surface area contributed by atoms with Gasteiger partial charge in [0.25, 0.3) is 5.91 Å². The van der Waals surface area contributed by atoms with E-state index in [1.165, 1.54) is 16.9 Å². The second-order valence-electron chi connectivity index (χ2n) is 6.86. The Hall–Kier alpha value is -3.64. The van der Waals surface area contributed by atoms with Crippen LogP contribution in [0.25, 0.3) is 11.3 Å². The maximum Gasteiger partial charge on any atom is 0.257 e. The van der Waals surface area contributed by atoms with Crippen LogP contribution in [0.15, 0.2) is 78.9 Å². The Morgan fingerprint density at radius 3 is 2.10 bits per heavy atom. The number of carbonyl (C=O) groups is 1. The number of benzene rings is 3. The van der Waals surface area contributed by atoms with E-state index >= 15 is 0 Å². The molecule has 0 aliphatic heterocycles. The maximum atomic E-state index is 12.7. The third-order valence-corrected chi connectivity index (χ3v) is 5.81. The van der Waals surface area contributed by atoms with Crippen molar-refractivity contribution < 1.29 is 14.3 Å². The molecule has 1 amide bonds. The van der Waals surface area contributed by atoms with Gasteiger partial charge in [-0.15, -0.1) is 11.3 Å². The Bertz CT molecular complexity index is 1150. The lowest BCUT2D eigenvalue weighted by Crippen LogP contribution is -2.11. The van der Waals surface area contributed by atoms with Crippen molar-refractivity contribution in [3.05, 3.63) is 94.9 Å². The van der Waals surface area contributed by atoms with E-state index in [0.29, 0.717) is 16.4 Å². The summed E-state index contributed by atoms with van der Waals surface area (Å²) in [5.74, 6) is 1.29. The van der Waals surface area contributed by atoms with Gasteiger partial charge in [0.2, 0.25) is 0 Å². The lowest BCUT2D eigenvalue weighted by Gasteiger charge is -2.04. The molecule has 0 saturated carbocycles. The van der Waals surface area contributed by atoms with Crippen LogP contribution in [-0.4, -0.2) is 25.1 Å². The van der Waals surface area contributed by atoms with Gasteiger partial charge in [0.15, 0.2) is 5.13 Å². The van der Waals surface area contributed by atoms with Gasteiger partial charge in [-0.3, -0.25) is 10.1 Å². The smallest absolute Gasteiger partial charge is 0.257 e. The average molecular weight is 431 g/mol. The Morgan fingerprint density at radius 2 is 1.48 bits per heavy atom. The van der Waals surface area contributed by atoms with Crippen molar-refractivity contribution in [2.75, 3.05) is 19.5 Å². The van der Waals surface area contributed by atoms with Gasteiger partial charge < -0.3 is 9.47 Å². The molecule has 0 bridgehead atoms. The van der Waals surface area contributed by atoms with Crippen LogP contribution in [0.1, 0.15) is 20.8 Å². The van der Waals surface area contributed by atoms with Gasteiger partial charge in [0.05, 0.1) is 19.9 Å². The summed E-state index contributed by atoms with van der Waals surface area (Å²) < 4.78 is 10.4. The lowest BCUT2D eigenvalue weighted by molar-refractivity contribution is 0.102. The molecule has 4 aromatic rings. The topological polar surface area (TPSA) is 60.5 Å². The Kier molecular flexibility index (Phi) is 6.29. The number of hydrogen-bond acceptors (Lipinski definition) is 5. The Morgan fingerprint density at radius 1 is 0.871 bits per heavy atom. The molecule has 6 heteroatoms. The fraction of sp³-hybridized carbons (Fsp3) is 0.120. The molecule has 0 radical (unpaired) electrons. The molecule has 0 aliphatic rings. The molecule has 3 aromatic carbocycles. The molecule has 0 aliphatic carbocycles. The molecule has 0 atom stereocenters. The van der Waals surface area contributed by atoms with Gasteiger partial charge in [0, 0.05) is 22.4 Å². The van der Waals surface area contributed by atoms with Crippen LogP contribution in [-0.2, 0) is 6.42 Å². The minimum absolute atomic E-state index is 0.205. The predicted molar refractivity (Wildman–Crippen MR) is 124 cm³/mol. The van der Waals surface area contributed by atoms with E-state index in [2.05, 4.69) is 17.4 Å². The fourth-order valence-electron chi connectivity index (χ4n) is 3.19. The highest BCUT2D eigenvalue weighted by molar-refractivity contribution is 7.16. The second-order valence-corrected chi connectivity index (χ2v) is 7.95. The van der Waals surface area contributed by atoms with Crippen LogP contribution < -0.4 is 14.8 Å². The minimum Gasteiger partial charge on any atom is -0.497 e. The normalized spacial score (nSPS) is 10.5.